The lowest BCUT2D eigenvalue weighted by molar-refractivity contribution is -0.131. The van der Waals surface area contributed by atoms with Gasteiger partial charge in [0.1, 0.15) is 11.6 Å². The van der Waals surface area contributed by atoms with Gasteiger partial charge < -0.3 is 4.90 Å². The van der Waals surface area contributed by atoms with Crippen LogP contribution in [0.2, 0.25) is 5.02 Å². The van der Waals surface area contributed by atoms with E-state index < -0.39 is 5.82 Å². The highest BCUT2D eigenvalue weighted by Crippen LogP contribution is 2.26. The Morgan fingerprint density at radius 2 is 2.17 bits per heavy atom. The van der Waals surface area contributed by atoms with Crippen molar-refractivity contribution in [3.63, 3.8) is 0 Å². The molecule has 1 aromatic carbocycles. The fourth-order valence-electron chi connectivity index (χ4n) is 2.89. The summed E-state index contributed by atoms with van der Waals surface area (Å²) in [4.78, 5) is 18.5. The number of hydrogen-bond donors (Lipinski definition) is 1. The molecule has 0 aliphatic carbocycles. The molecule has 0 radical (unpaired) electrons. The molecule has 1 aliphatic rings. The topological polar surface area (TPSA) is 61.9 Å². The number of carbonyl (C=O) groups is 1. The Kier molecular flexibility index (Phi) is 4.61. The molecule has 1 N–H and O–H groups in total. The largest absolute Gasteiger partial charge is 0.342 e. The van der Waals surface area contributed by atoms with Gasteiger partial charge >= 0.3 is 0 Å². The standard InChI is InChI=1S/C16H18ClFN4O/c1-10-19-16(21-20-10)11-5-7-22(8-6-11)15(23)9-12-13(17)3-2-4-14(12)18/h2-4,11H,5-9H2,1H3,(H,19,20,21). The van der Waals surface area contributed by atoms with Crippen LogP contribution in [0, 0.1) is 12.7 Å². The monoisotopic (exact) mass is 336 g/mol. The van der Waals surface area contributed by atoms with Gasteiger partial charge in [-0.15, -0.1) is 0 Å². The minimum atomic E-state index is -0.433. The molecule has 1 fully saturated rings. The van der Waals surface area contributed by atoms with Crippen molar-refractivity contribution in [2.24, 2.45) is 0 Å². The summed E-state index contributed by atoms with van der Waals surface area (Å²) >= 11 is 5.99. The van der Waals surface area contributed by atoms with Crippen molar-refractivity contribution < 1.29 is 9.18 Å². The summed E-state index contributed by atoms with van der Waals surface area (Å²) < 4.78 is 13.8. The second-order valence-corrected chi connectivity index (χ2v) is 6.22. The zero-order chi connectivity index (χ0) is 16.4. The molecule has 0 saturated carbocycles. The highest BCUT2D eigenvalue weighted by molar-refractivity contribution is 6.31. The van der Waals surface area contributed by atoms with Gasteiger partial charge in [0.25, 0.3) is 0 Å². The van der Waals surface area contributed by atoms with Crippen molar-refractivity contribution in [1.82, 2.24) is 20.1 Å². The second kappa shape index (κ2) is 6.66. The van der Waals surface area contributed by atoms with Gasteiger partial charge in [-0.3, -0.25) is 9.89 Å². The fraction of sp³-hybridized carbons (Fsp3) is 0.438. The average molecular weight is 337 g/mol. The summed E-state index contributed by atoms with van der Waals surface area (Å²) in [5.74, 6) is 1.35. The Hall–Kier alpha value is -1.95. The minimum Gasteiger partial charge on any atom is -0.342 e. The molecule has 5 nitrogen and oxygen atoms in total. The van der Waals surface area contributed by atoms with Gasteiger partial charge in [0.2, 0.25) is 5.91 Å². The third-order valence-corrected chi connectivity index (χ3v) is 4.57. The van der Waals surface area contributed by atoms with Crippen LogP contribution in [0.25, 0.3) is 0 Å². The van der Waals surface area contributed by atoms with E-state index in [-0.39, 0.29) is 23.8 Å². The first-order chi connectivity index (χ1) is 11.0. The maximum absolute atomic E-state index is 13.8. The van der Waals surface area contributed by atoms with Crippen LogP contribution in [0.15, 0.2) is 18.2 Å². The number of halogens is 2. The molecular weight excluding hydrogens is 319 g/mol. The first-order valence-electron chi connectivity index (χ1n) is 7.64. The van der Waals surface area contributed by atoms with Crippen LogP contribution in [0.3, 0.4) is 0 Å². The Morgan fingerprint density at radius 3 is 2.78 bits per heavy atom. The maximum atomic E-state index is 13.8. The molecule has 0 spiro atoms. The molecule has 3 rings (SSSR count). The van der Waals surface area contributed by atoms with E-state index in [9.17, 15) is 9.18 Å². The van der Waals surface area contributed by atoms with Crippen LogP contribution < -0.4 is 0 Å². The summed E-state index contributed by atoms with van der Waals surface area (Å²) in [6, 6.07) is 4.47. The maximum Gasteiger partial charge on any atom is 0.227 e. The van der Waals surface area contributed by atoms with Crippen molar-refractivity contribution in [1.29, 1.82) is 0 Å². The number of H-pyrrole nitrogens is 1. The number of aryl methyl sites for hydroxylation is 1. The van der Waals surface area contributed by atoms with E-state index in [4.69, 9.17) is 11.6 Å². The molecule has 2 heterocycles. The molecule has 0 unspecified atom stereocenters. The molecule has 23 heavy (non-hydrogen) atoms. The smallest absolute Gasteiger partial charge is 0.227 e. The summed E-state index contributed by atoms with van der Waals surface area (Å²) in [5.41, 5.74) is 0.269. The molecule has 2 aromatic rings. The molecule has 7 heteroatoms. The summed E-state index contributed by atoms with van der Waals surface area (Å²) in [6.07, 6.45) is 1.62. The van der Waals surface area contributed by atoms with Crippen LogP contribution in [-0.4, -0.2) is 39.1 Å². The van der Waals surface area contributed by atoms with Gasteiger partial charge in [0.05, 0.1) is 6.42 Å². The number of benzene rings is 1. The highest BCUT2D eigenvalue weighted by atomic mass is 35.5. The van der Waals surface area contributed by atoms with Crippen LogP contribution in [-0.2, 0) is 11.2 Å². The second-order valence-electron chi connectivity index (χ2n) is 5.81. The van der Waals surface area contributed by atoms with Gasteiger partial charge in [0, 0.05) is 29.6 Å². The number of nitrogens with zero attached hydrogens (tertiary/aromatic N) is 3. The molecule has 122 valence electrons. The molecule has 1 aromatic heterocycles. The van der Waals surface area contributed by atoms with Gasteiger partial charge in [-0.05, 0) is 31.9 Å². The van der Waals surface area contributed by atoms with E-state index in [1.54, 1.807) is 11.0 Å². The lowest BCUT2D eigenvalue weighted by Gasteiger charge is -2.31. The van der Waals surface area contributed by atoms with Crippen LogP contribution in [0.1, 0.15) is 36.0 Å². The number of carbonyl (C=O) groups excluding carboxylic acids is 1. The van der Waals surface area contributed by atoms with Crippen molar-refractivity contribution in [2.45, 2.75) is 32.1 Å². The number of amides is 1. The number of aromatic amines is 1. The van der Waals surface area contributed by atoms with E-state index in [0.29, 0.717) is 18.1 Å². The molecule has 0 bridgehead atoms. The quantitative estimate of drug-likeness (QED) is 0.937. The van der Waals surface area contributed by atoms with Crippen molar-refractivity contribution >= 4 is 17.5 Å². The molecule has 1 saturated heterocycles. The van der Waals surface area contributed by atoms with E-state index in [2.05, 4.69) is 15.2 Å². The highest BCUT2D eigenvalue weighted by Gasteiger charge is 2.26. The Morgan fingerprint density at radius 1 is 1.43 bits per heavy atom. The van der Waals surface area contributed by atoms with E-state index >= 15 is 0 Å². The van der Waals surface area contributed by atoms with E-state index in [1.807, 2.05) is 6.92 Å². The van der Waals surface area contributed by atoms with Crippen molar-refractivity contribution in [2.75, 3.05) is 13.1 Å². The molecule has 1 aliphatic heterocycles. The third-order valence-electron chi connectivity index (χ3n) is 4.22. The van der Waals surface area contributed by atoms with E-state index in [1.165, 1.54) is 12.1 Å². The van der Waals surface area contributed by atoms with E-state index in [0.717, 1.165) is 24.5 Å². The summed E-state index contributed by atoms with van der Waals surface area (Å²) in [6.45, 7) is 3.12. The van der Waals surface area contributed by atoms with Crippen LogP contribution in [0.4, 0.5) is 4.39 Å². The predicted molar refractivity (Wildman–Crippen MR) is 84.8 cm³/mol. The van der Waals surface area contributed by atoms with Crippen LogP contribution in [0.5, 0.6) is 0 Å². The number of nitrogens with one attached hydrogen (secondary N) is 1. The predicted octanol–water partition coefficient (Wildman–Crippen LogP) is 2.85. The summed E-state index contributed by atoms with van der Waals surface area (Å²) in [5, 5.41) is 7.34. The fourth-order valence-corrected chi connectivity index (χ4v) is 3.12. The third kappa shape index (κ3) is 3.52. The first-order valence-corrected chi connectivity index (χ1v) is 8.02. The number of likely N-dealkylation sites (tertiary alicyclic amines) is 1. The number of piperidine rings is 1. The zero-order valence-electron chi connectivity index (χ0n) is 12.9. The first kappa shape index (κ1) is 15.9. The molecular formula is C16H18ClFN4O. The van der Waals surface area contributed by atoms with Gasteiger partial charge in [-0.2, -0.15) is 5.10 Å². The van der Waals surface area contributed by atoms with Crippen molar-refractivity contribution in [3.8, 4) is 0 Å². The summed E-state index contributed by atoms with van der Waals surface area (Å²) in [7, 11) is 0. The Labute approximate surface area is 138 Å². The molecule has 1 amide bonds. The van der Waals surface area contributed by atoms with Gasteiger partial charge in [0.15, 0.2) is 5.82 Å². The van der Waals surface area contributed by atoms with Gasteiger partial charge in [-0.25, -0.2) is 9.37 Å². The van der Waals surface area contributed by atoms with Crippen LogP contribution >= 0.6 is 11.6 Å². The Balaban J connectivity index is 1.60. The van der Waals surface area contributed by atoms with Gasteiger partial charge in [-0.1, -0.05) is 17.7 Å². The lowest BCUT2D eigenvalue weighted by atomic mass is 9.95. The molecule has 0 atom stereocenters. The number of hydrogen-bond acceptors (Lipinski definition) is 3. The lowest BCUT2D eigenvalue weighted by Crippen LogP contribution is -2.39. The number of rotatable bonds is 3. The SMILES string of the molecule is Cc1nc(C2CCN(C(=O)Cc3c(F)cccc3Cl)CC2)n[nH]1. The average Bonchev–Trinajstić information content (AvgIpc) is 2.97. The zero-order valence-corrected chi connectivity index (χ0v) is 13.6. The van der Waals surface area contributed by atoms with Crippen molar-refractivity contribution in [3.05, 3.63) is 46.3 Å². The Bertz CT molecular complexity index is 690. The normalized spacial score (nSPS) is 15.9. The minimum absolute atomic E-state index is 0.00403. The number of aromatic nitrogens is 3.